The molecule has 21 heavy (non-hydrogen) atoms. The smallest absolute Gasteiger partial charge is 0.0826 e. The highest BCUT2D eigenvalue weighted by Gasteiger charge is 2.23. The van der Waals surface area contributed by atoms with Gasteiger partial charge in [-0.1, -0.05) is 36.4 Å². The van der Waals surface area contributed by atoms with E-state index in [9.17, 15) is 5.11 Å². The van der Waals surface area contributed by atoms with Crippen molar-refractivity contribution >= 4 is 27.1 Å². The summed E-state index contributed by atoms with van der Waals surface area (Å²) in [6, 6.07) is 16.8. The van der Waals surface area contributed by atoms with Gasteiger partial charge in [0.25, 0.3) is 0 Å². The van der Waals surface area contributed by atoms with E-state index in [2.05, 4.69) is 46.7 Å². The van der Waals surface area contributed by atoms with Gasteiger partial charge in [0.1, 0.15) is 0 Å². The van der Waals surface area contributed by atoms with Gasteiger partial charge < -0.3 is 10.0 Å². The molecule has 0 amide bonds. The Balaban J connectivity index is 1.71. The summed E-state index contributed by atoms with van der Waals surface area (Å²) in [7, 11) is 0. The highest BCUT2D eigenvalue weighted by Crippen LogP contribution is 2.35. The average molecular weight is 295 g/mol. The number of para-hydroxylation sites is 1. The van der Waals surface area contributed by atoms with Gasteiger partial charge in [-0.3, -0.25) is 0 Å². The van der Waals surface area contributed by atoms with Gasteiger partial charge in [-0.2, -0.15) is 0 Å². The SMILES string of the molecule is OC1CCN(Cc2csc3ccccc23)c2ccccc21. The number of anilines is 1. The van der Waals surface area contributed by atoms with Crippen LogP contribution in [0.2, 0.25) is 0 Å². The summed E-state index contributed by atoms with van der Waals surface area (Å²) in [6.45, 7) is 1.82. The van der Waals surface area contributed by atoms with Crippen LogP contribution >= 0.6 is 11.3 Å². The first kappa shape index (κ1) is 12.9. The number of hydrogen-bond donors (Lipinski definition) is 1. The minimum atomic E-state index is -0.323. The van der Waals surface area contributed by atoms with E-state index in [1.807, 2.05) is 23.5 Å². The van der Waals surface area contributed by atoms with Crippen LogP contribution in [0.4, 0.5) is 5.69 Å². The van der Waals surface area contributed by atoms with Crippen LogP contribution in [0.25, 0.3) is 10.1 Å². The maximum absolute atomic E-state index is 10.2. The van der Waals surface area contributed by atoms with Gasteiger partial charge in [-0.05, 0) is 34.9 Å². The third-order valence-corrected chi connectivity index (χ3v) is 5.24. The van der Waals surface area contributed by atoms with Crippen molar-refractivity contribution < 1.29 is 5.11 Å². The van der Waals surface area contributed by atoms with E-state index in [-0.39, 0.29) is 6.10 Å². The normalized spacial score (nSPS) is 18.0. The predicted octanol–water partition coefficient (Wildman–Crippen LogP) is 4.35. The van der Waals surface area contributed by atoms with Crippen LogP contribution in [0.5, 0.6) is 0 Å². The van der Waals surface area contributed by atoms with Crippen LogP contribution < -0.4 is 4.90 Å². The highest BCUT2D eigenvalue weighted by atomic mass is 32.1. The van der Waals surface area contributed by atoms with Crippen molar-refractivity contribution in [2.45, 2.75) is 19.1 Å². The number of rotatable bonds is 2. The molecule has 0 radical (unpaired) electrons. The third-order valence-electron chi connectivity index (χ3n) is 4.23. The zero-order chi connectivity index (χ0) is 14.2. The fourth-order valence-electron chi connectivity index (χ4n) is 3.14. The molecule has 1 atom stereocenters. The molecule has 0 bridgehead atoms. The summed E-state index contributed by atoms with van der Waals surface area (Å²) < 4.78 is 1.35. The summed E-state index contributed by atoms with van der Waals surface area (Å²) in [4.78, 5) is 2.39. The monoisotopic (exact) mass is 295 g/mol. The van der Waals surface area contributed by atoms with Crippen molar-refractivity contribution in [3.63, 3.8) is 0 Å². The number of aliphatic hydroxyl groups is 1. The standard InChI is InChI=1S/C18H17NOS/c20-17-9-10-19(16-7-3-1-6-15(16)17)11-13-12-21-18-8-4-2-5-14(13)18/h1-8,12,17,20H,9-11H2. The molecule has 1 aliphatic rings. The van der Waals surface area contributed by atoms with Gasteiger partial charge in [-0.25, -0.2) is 0 Å². The zero-order valence-corrected chi connectivity index (χ0v) is 12.5. The maximum atomic E-state index is 10.2. The predicted molar refractivity (Wildman–Crippen MR) is 88.9 cm³/mol. The molecule has 1 aromatic heterocycles. The van der Waals surface area contributed by atoms with Gasteiger partial charge in [0.05, 0.1) is 6.10 Å². The summed E-state index contributed by atoms with van der Waals surface area (Å²) in [5.41, 5.74) is 3.61. The van der Waals surface area contributed by atoms with E-state index in [0.717, 1.165) is 25.1 Å². The van der Waals surface area contributed by atoms with Crippen molar-refractivity contribution in [2.75, 3.05) is 11.4 Å². The van der Waals surface area contributed by atoms with E-state index in [0.29, 0.717) is 0 Å². The molecular formula is C18H17NOS. The Morgan fingerprint density at radius 1 is 1.10 bits per heavy atom. The fraction of sp³-hybridized carbons (Fsp3) is 0.222. The number of aliphatic hydroxyl groups excluding tert-OH is 1. The maximum Gasteiger partial charge on any atom is 0.0826 e. The van der Waals surface area contributed by atoms with Gasteiger partial charge in [-0.15, -0.1) is 11.3 Å². The van der Waals surface area contributed by atoms with Crippen molar-refractivity contribution in [1.29, 1.82) is 0 Å². The molecule has 1 unspecified atom stereocenters. The number of benzene rings is 2. The van der Waals surface area contributed by atoms with Crippen LogP contribution in [-0.2, 0) is 6.54 Å². The van der Waals surface area contributed by atoms with Crippen LogP contribution in [0, 0.1) is 0 Å². The first-order valence-corrected chi connectivity index (χ1v) is 8.18. The number of nitrogens with zero attached hydrogens (tertiary/aromatic N) is 1. The van der Waals surface area contributed by atoms with E-state index in [4.69, 9.17) is 0 Å². The Labute approximate surface area is 128 Å². The van der Waals surface area contributed by atoms with E-state index in [1.54, 1.807) is 0 Å². The first-order valence-electron chi connectivity index (χ1n) is 7.30. The molecule has 0 spiro atoms. The largest absolute Gasteiger partial charge is 0.388 e. The van der Waals surface area contributed by atoms with Gasteiger partial charge in [0.2, 0.25) is 0 Å². The van der Waals surface area contributed by atoms with Crippen molar-refractivity contribution in [2.24, 2.45) is 0 Å². The molecule has 1 N–H and O–H groups in total. The van der Waals surface area contributed by atoms with Crippen molar-refractivity contribution in [3.8, 4) is 0 Å². The zero-order valence-electron chi connectivity index (χ0n) is 11.7. The molecule has 3 heteroatoms. The van der Waals surface area contributed by atoms with Gasteiger partial charge in [0.15, 0.2) is 0 Å². The van der Waals surface area contributed by atoms with E-state index >= 15 is 0 Å². The summed E-state index contributed by atoms with van der Waals surface area (Å²) in [5.74, 6) is 0. The molecule has 2 heterocycles. The lowest BCUT2D eigenvalue weighted by atomic mass is 9.98. The molecule has 0 aliphatic carbocycles. The first-order chi connectivity index (χ1) is 10.3. The molecular weight excluding hydrogens is 278 g/mol. The Kier molecular flexibility index (Phi) is 3.17. The molecule has 0 fully saturated rings. The minimum Gasteiger partial charge on any atom is -0.388 e. The molecule has 106 valence electrons. The summed E-state index contributed by atoms with van der Waals surface area (Å²) in [5, 5.41) is 13.8. The second kappa shape index (κ2) is 5.17. The van der Waals surface area contributed by atoms with E-state index in [1.165, 1.54) is 21.3 Å². The molecule has 4 rings (SSSR count). The lowest BCUT2D eigenvalue weighted by Gasteiger charge is -2.33. The molecule has 1 aliphatic heterocycles. The average Bonchev–Trinajstić information content (AvgIpc) is 2.94. The Morgan fingerprint density at radius 2 is 1.90 bits per heavy atom. The number of hydrogen-bond acceptors (Lipinski definition) is 3. The Hall–Kier alpha value is -1.84. The lowest BCUT2D eigenvalue weighted by molar-refractivity contribution is 0.164. The quantitative estimate of drug-likeness (QED) is 0.760. The second-order valence-electron chi connectivity index (χ2n) is 5.54. The second-order valence-corrected chi connectivity index (χ2v) is 6.45. The molecule has 0 saturated carbocycles. The Morgan fingerprint density at radius 3 is 2.86 bits per heavy atom. The van der Waals surface area contributed by atoms with Gasteiger partial charge >= 0.3 is 0 Å². The Bertz CT molecular complexity index is 779. The summed E-state index contributed by atoms with van der Waals surface area (Å²) in [6.07, 6.45) is 0.482. The van der Waals surface area contributed by atoms with Crippen LogP contribution in [0.1, 0.15) is 23.7 Å². The van der Waals surface area contributed by atoms with Crippen molar-refractivity contribution in [3.05, 3.63) is 65.0 Å². The topological polar surface area (TPSA) is 23.5 Å². The lowest BCUT2D eigenvalue weighted by Crippen LogP contribution is -2.30. The number of fused-ring (bicyclic) bond motifs is 2. The van der Waals surface area contributed by atoms with E-state index < -0.39 is 0 Å². The highest BCUT2D eigenvalue weighted by molar-refractivity contribution is 7.17. The van der Waals surface area contributed by atoms with Gasteiger partial charge in [0, 0.05) is 29.0 Å². The number of thiophene rings is 1. The molecule has 2 aromatic carbocycles. The van der Waals surface area contributed by atoms with Crippen LogP contribution in [-0.4, -0.2) is 11.7 Å². The van der Waals surface area contributed by atoms with Crippen molar-refractivity contribution in [1.82, 2.24) is 0 Å². The summed E-state index contributed by atoms with van der Waals surface area (Å²) >= 11 is 1.81. The molecule has 3 aromatic rings. The van der Waals surface area contributed by atoms with Crippen LogP contribution in [0.3, 0.4) is 0 Å². The third kappa shape index (κ3) is 2.23. The minimum absolute atomic E-state index is 0.323. The fourth-order valence-corrected chi connectivity index (χ4v) is 4.09. The molecule has 2 nitrogen and oxygen atoms in total. The van der Waals surface area contributed by atoms with Crippen LogP contribution in [0.15, 0.2) is 53.9 Å². The molecule has 0 saturated heterocycles.